The molecule has 0 saturated heterocycles. The molecule has 1 aliphatic carbocycles. The predicted octanol–water partition coefficient (Wildman–Crippen LogP) is -0.970. The molecule has 66 valence electrons. The Hall–Kier alpha value is 0.0569. The van der Waals surface area contributed by atoms with Crippen LogP contribution in [-0.4, -0.2) is 29.2 Å². The van der Waals surface area contributed by atoms with E-state index in [9.17, 15) is 0 Å². The molecule has 1 aliphatic rings. The van der Waals surface area contributed by atoms with Crippen molar-refractivity contribution in [2.75, 3.05) is 0 Å². The van der Waals surface area contributed by atoms with Crippen molar-refractivity contribution in [3.8, 4) is 0 Å². The number of nitrogens with two attached hydrogens (primary N) is 1. The smallest absolute Gasteiger partial charge is 0.390 e. The van der Waals surface area contributed by atoms with Gasteiger partial charge in [0.2, 0.25) is 0 Å². The van der Waals surface area contributed by atoms with Crippen molar-refractivity contribution in [1.82, 2.24) is 0 Å². The molecule has 1 rings (SSSR count). The number of hydrogen-bond donors (Lipinski definition) is 4. The fraction of sp³-hybridized carbons (Fsp3) is 1.00. The van der Waals surface area contributed by atoms with E-state index in [2.05, 4.69) is 0 Å². The molecule has 0 radical (unpaired) electrons. The van der Waals surface area contributed by atoms with Crippen LogP contribution >= 0.6 is 0 Å². The van der Waals surface area contributed by atoms with Gasteiger partial charge >= 0.3 is 8.80 Å². The molecule has 1 saturated carbocycles. The molecule has 0 aromatic rings. The number of rotatable bonds is 1. The van der Waals surface area contributed by atoms with Crippen LogP contribution in [0.2, 0.25) is 5.54 Å². The van der Waals surface area contributed by atoms with Crippen LogP contribution in [0.3, 0.4) is 0 Å². The van der Waals surface area contributed by atoms with Gasteiger partial charge in [-0.15, -0.1) is 0 Å². The zero-order chi connectivity index (χ0) is 8.65. The minimum atomic E-state index is -3.95. The molecular formula is C6H15NO3Si. The summed E-state index contributed by atoms with van der Waals surface area (Å²) in [6.45, 7) is 1.96. The second-order valence-corrected chi connectivity index (χ2v) is 5.54. The molecule has 3 atom stereocenters. The lowest BCUT2D eigenvalue weighted by molar-refractivity contribution is 0.204. The zero-order valence-corrected chi connectivity index (χ0v) is 7.57. The Morgan fingerprint density at radius 2 is 1.82 bits per heavy atom. The average Bonchev–Trinajstić information content (AvgIpc) is 2.11. The Labute approximate surface area is 67.0 Å². The quantitative estimate of drug-likeness (QED) is 0.388. The van der Waals surface area contributed by atoms with E-state index < -0.39 is 14.3 Å². The largest absolute Gasteiger partial charge is 0.497 e. The molecule has 0 aliphatic heterocycles. The van der Waals surface area contributed by atoms with Crippen LogP contribution in [0.4, 0.5) is 0 Å². The van der Waals surface area contributed by atoms with Gasteiger partial charge in [0.1, 0.15) is 0 Å². The van der Waals surface area contributed by atoms with Crippen LogP contribution in [0.5, 0.6) is 0 Å². The van der Waals surface area contributed by atoms with Crippen LogP contribution in [0, 0.1) is 5.92 Å². The van der Waals surface area contributed by atoms with Gasteiger partial charge in [-0.05, 0) is 18.8 Å². The molecule has 1 fully saturated rings. The van der Waals surface area contributed by atoms with Gasteiger partial charge in [0.25, 0.3) is 0 Å². The van der Waals surface area contributed by atoms with Crippen LogP contribution in [-0.2, 0) is 0 Å². The molecule has 5 heteroatoms. The Morgan fingerprint density at radius 3 is 2.00 bits per heavy atom. The zero-order valence-electron chi connectivity index (χ0n) is 6.57. The van der Waals surface area contributed by atoms with Gasteiger partial charge in [0.15, 0.2) is 0 Å². The van der Waals surface area contributed by atoms with Crippen molar-refractivity contribution < 1.29 is 14.4 Å². The number of hydrogen-bond acceptors (Lipinski definition) is 4. The second-order valence-electron chi connectivity index (χ2n) is 3.43. The minimum absolute atomic E-state index is 0.248. The van der Waals surface area contributed by atoms with Crippen molar-refractivity contribution >= 4 is 8.80 Å². The van der Waals surface area contributed by atoms with E-state index in [0.29, 0.717) is 12.3 Å². The van der Waals surface area contributed by atoms with Gasteiger partial charge in [-0.2, -0.15) is 0 Å². The third-order valence-corrected chi connectivity index (χ3v) is 4.22. The lowest BCUT2D eigenvalue weighted by Gasteiger charge is -2.22. The Kier molecular flexibility index (Phi) is 2.36. The standard InChI is InChI=1S/C6H15NO3Si/c1-4-2-3-5(6(4)7)11(8,9)10/h4-6,8-10H,2-3,7H2,1H3. The normalized spacial score (nSPS) is 39.5. The lowest BCUT2D eigenvalue weighted by atomic mass is 10.1. The molecule has 0 bridgehead atoms. The summed E-state index contributed by atoms with van der Waals surface area (Å²) in [4.78, 5) is 26.9. The first kappa shape index (κ1) is 9.15. The maximum Gasteiger partial charge on any atom is 0.497 e. The molecule has 3 unspecified atom stereocenters. The Morgan fingerprint density at radius 1 is 1.27 bits per heavy atom. The van der Waals surface area contributed by atoms with E-state index in [4.69, 9.17) is 20.1 Å². The maximum absolute atomic E-state index is 8.98. The SMILES string of the molecule is CC1CCC([Si](O)(O)O)C1N. The van der Waals surface area contributed by atoms with Gasteiger partial charge < -0.3 is 20.1 Å². The highest BCUT2D eigenvalue weighted by molar-refractivity contribution is 6.58. The first-order chi connectivity index (χ1) is 4.93. The monoisotopic (exact) mass is 177 g/mol. The van der Waals surface area contributed by atoms with E-state index in [0.717, 1.165) is 6.42 Å². The average molecular weight is 177 g/mol. The summed E-state index contributed by atoms with van der Waals surface area (Å²) < 4.78 is 0. The highest BCUT2D eigenvalue weighted by Crippen LogP contribution is 2.37. The van der Waals surface area contributed by atoms with Gasteiger partial charge in [-0.1, -0.05) is 6.92 Å². The summed E-state index contributed by atoms with van der Waals surface area (Å²) in [6.07, 6.45) is 1.51. The summed E-state index contributed by atoms with van der Waals surface area (Å²) in [5.41, 5.74) is 5.20. The van der Waals surface area contributed by atoms with Crippen LogP contribution in [0.15, 0.2) is 0 Å². The molecule has 0 aromatic heterocycles. The third kappa shape index (κ3) is 1.80. The van der Waals surface area contributed by atoms with Crippen molar-refractivity contribution in [3.05, 3.63) is 0 Å². The van der Waals surface area contributed by atoms with Crippen LogP contribution < -0.4 is 5.73 Å². The highest BCUT2D eigenvalue weighted by Gasteiger charge is 2.47. The first-order valence-corrected chi connectivity index (χ1v) is 5.77. The molecule has 4 nitrogen and oxygen atoms in total. The van der Waals surface area contributed by atoms with Crippen molar-refractivity contribution in [2.24, 2.45) is 11.7 Å². The molecule has 0 aromatic carbocycles. The van der Waals surface area contributed by atoms with Crippen molar-refractivity contribution in [1.29, 1.82) is 0 Å². The lowest BCUT2D eigenvalue weighted by Crippen LogP contribution is -2.47. The molecule has 5 N–H and O–H groups in total. The van der Waals surface area contributed by atoms with E-state index in [1.165, 1.54) is 0 Å². The second kappa shape index (κ2) is 2.84. The fourth-order valence-electron chi connectivity index (χ4n) is 1.68. The molecule has 0 spiro atoms. The summed E-state index contributed by atoms with van der Waals surface area (Å²) in [5.74, 6) is 0.290. The van der Waals surface area contributed by atoms with Crippen LogP contribution in [0.25, 0.3) is 0 Å². The van der Waals surface area contributed by atoms with Crippen molar-refractivity contribution in [3.63, 3.8) is 0 Å². The van der Waals surface area contributed by atoms with E-state index in [1.807, 2.05) is 6.92 Å². The Bertz CT molecular complexity index is 147. The van der Waals surface area contributed by atoms with Gasteiger partial charge in [-0.3, -0.25) is 0 Å². The van der Waals surface area contributed by atoms with Crippen molar-refractivity contribution in [2.45, 2.75) is 31.3 Å². The van der Waals surface area contributed by atoms with Gasteiger partial charge in [0.05, 0.1) is 0 Å². The molecule has 0 amide bonds. The van der Waals surface area contributed by atoms with E-state index >= 15 is 0 Å². The summed E-state index contributed by atoms with van der Waals surface area (Å²) in [6, 6.07) is -0.248. The fourth-order valence-corrected chi connectivity index (χ4v) is 3.07. The maximum atomic E-state index is 8.98. The molecule has 0 heterocycles. The minimum Gasteiger partial charge on any atom is -0.390 e. The summed E-state index contributed by atoms with van der Waals surface area (Å²) in [5, 5.41) is 0. The summed E-state index contributed by atoms with van der Waals surface area (Å²) >= 11 is 0. The Balaban J connectivity index is 2.62. The van der Waals surface area contributed by atoms with Gasteiger partial charge in [-0.25, -0.2) is 0 Å². The van der Waals surface area contributed by atoms with Gasteiger partial charge in [0, 0.05) is 11.6 Å². The molecule has 11 heavy (non-hydrogen) atoms. The summed E-state index contributed by atoms with van der Waals surface area (Å²) in [7, 11) is -3.95. The highest BCUT2D eigenvalue weighted by atomic mass is 28.4. The molecular weight excluding hydrogens is 162 g/mol. The van der Waals surface area contributed by atoms with Crippen LogP contribution in [0.1, 0.15) is 19.8 Å². The van der Waals surface area contributed by atoms with E-state index in [-0.39, 0.29) is 6.04 Å². The topological polar surface area (TPSA) is 86.7 Å². The first-order valence-electron chi connectivity index (χ1n) is 3.85. The third-order valence-electron chi connectivity index (χ3n) is 2.55. The predicted molar refractivity (Wildman–Crippen MR) is 42.5 cm³/mol. The van der Waals surface area contributed by atoms with E-state index in [1.54, 1.807) is 0 Å².